The molecule has 0 heterocycles. The Bertz CT molecular complexity index is 265. The van der Waals surface area contributed by atoms with Crippen molar-refractivity contribution in [2.45, 2.75) is 57.3 Å². The Balaban J connectivity index is 1.75. The van der Waals surface area contributed by atoms with Gasteiger partial charge in [-0.25, -0.2) is 0 Å². The van der Waals surface area contributed by atoms with Gasteiger partial charge in [-0.2, -0.15) is 0 Å². The molecule has 0 aromatic heterocycles. The van der Waals surface area contributed by atoms with Gasteiger partial charge in [0.15, 0.2) is 0 Å². The molecule has 2 aliphatic rings. The smallest absolute Gasteiger partial charge is 0.320 e. The van der Waals surface area contributed by atoms with Crippen molar-refractivity contribution in [1.29, 1.82) is 0 Å². The highest BCUT2D eigenvalue weighted by Crippen LogP contribution is 2.27. The molecule has 0 aromatic carbocycles. The van der Waals surface area contributed by atoms with Crippen LogP contribution in [0.2, 0.25) is 0 Å². The third-order valence-electron chi connectivity index (χ3n) is 3.78. The normalized spacial score (nSPS) is 28.6. The number of nitrogens with zero attached hydrogens (tertiary/aromatic N) is 1. The molecule has 0 amide bonds. The molecule has 98 valence electrons. The van der Waals surface area contributed by atoms with Gasteiger partial charge in [-0.05, 0) is 38.6 Å². The first-order valence-corrected chi connectivity index (χ1v) is 6.71. The van der Waals surface area contributed by atoms with Crippen LogP contribution in [0.15, 0.2) is 0 Å². The molecule has 2 saturated carbocycles. The molecule has 0 unspecified atom stereocenters. The molecule has 0 N–H and O–H groups in total. The van der Waals surface area contributed by atoms with Crippen LogP contribution in [0.3, 0.4) is 0 Å². The lowest BCUT2D eigenvalue weighted by Crippen LogP contribution is -2.36. The lowest BCUT2D eigenvalue weighted by atomic mass is 10.2. The van der Waals surface area contributed by atoms with Gasteiger partial charge >= 0.3 is 5.97 Å². The highest BCUT2D eigenvalue weighted by Gasteiger charge is 2.33. The number of esters is 1. The van der Waals surface area contributed by atoms with Crippen LogP contribution in [0.1, 0.15) is 39.0 Å². The minimum Gasteiger partial charge on any atom is -0.459 e. The third kappa shape index (κ3) is 3.42. The van der Waals surface area contributed by atoms with Crippen LogP contribution in [-0.4, -0.2) is 49.3 Å². The molecule has 2 rings (SSSR count). The molecule has 4 nitrogen and oxygen atoms in total. The SMILES string of the molecule is CCN(CC(=O)O[C@H]1CCC[C@@H]1OC)C1CC1. The van der Waals surface area contributed by atoms with Crippen molar-refractivity contribution < 1.29 is 14.3 Å². The maximum Gasteiger partial charge on any atom is 0.320 e. The molecule has 0 spiro atoms. The Kier molecular flexibility index (Phi) is 4.40. The summed E-state index contributed by atoms with van der Waals surface area (Å²) in [7, 11) is 1.69. The Labute approximate surface area is 103 Å². The summed E-state index contributed by atoms with van der Waals surface area (Å²) in [4.78, 5) is 14.1. The molecule has 2 aliphatic carbocycles. The molecule has 2 atom stereocenters. The van der Waals surface area contributed by atoms with Gasteiger partial charge < -0.3 is 9.47 Å². The lowest BCUT2D eigenvalue weighted by molar-refractivity contribution is -0.155. The van der Waals surface area contributed by atoms with E-state index in [0.29, 0.717) is 12.6 Å². The summed E-state index contributed by atoms with van der Waals surface area (Å²) in [5.74, 6) is -0.0901. The van der Waals surface area contributed by atoms with Gasteiger partial charge in [0.2, 0.25) is 0 Å². The summed E-state index contributed by atoms with van der Waals surface area (Å²) in [5, 5.41) is 0. The van der Waals surface area contributed by atoms with Gasteiger partial charge in [0, 0.05) is 13.2 Å². The summed E-state index contributed by atoms with van der Waals surface area (Å²) >= 11 is 0. The molecule has 4 heteroatoms. The predicted octanol–water partition coefficient (Wildman–Crippen LogP) is 1.58. The summed E-state index contributed by atoms with van der Waals surface area (Å²) < 4.78 is 10.8. The molecule has 0 radical (unpaired) electrons. The number of ether oxygens (including phenoxy) is 2. The quantitative estimate of drug-likeness (QED) is 0.662. The van der Waals surface area contributed by atoms with Crippen molar-refractivity contribution >= 4 is 5.97 Å². The van der Waals surface area contributed by atoms with E-state index in [2.05, 4.69) is 11.8 Å². The van der Waals surface area contributed by atoms with Crippen LogP contribution < -0.4 is 0 Å². The van der Waals surface area contributed by atoms with Crippen molar-refractivity contribution in [2.24, 2.45) is 0 Å². The zero-order valence-corrected chi connectivity index (χ0v) is 10.9. The molecule has 0 bridgehead atoms. The highest BCUT2D eigenvalue weighted by molar-refractivity contribution is 5.72. The highest BCUT2D eigenvalue weighted by atomic mass is 16.6. The Morgan fingerprint density at radius 2 is 1.94 bits per heavy atom. The molecule has 0 aliphatic heterocycles. The van der Waals surface area contributed by atoms with Crippen LogP contribution in [0.25, 0.3) is 0 Å². The second kappa shape index (κ2) is 5.83. The Hall–Kier alpha value is -0.610. The van der Waals surface area contributed by atoms with Gasteiger partial charge in [-0.1, -0.05) is 6.92 Å². The number of methoxy groups -OCH3 is 1. The fraction of sp³-hybridized carbons (Fsp3) is 0.923. The van der Waals surface area contributed by atoms with Gasteiger partial charge in [-0.3, -0.25) is 9.69 Å². The fourth-order valence-corrected chi connectivity index (χ4v) is 2.61. The second-order valence-corrected chi connectivity index (χ2v) is 5.03. The summed E-state index contributed by atoms with van der Waals surface area (Å²) in [6, 6.07) is 0.620. The van der Waals surface area contributed by atoms with Gasteiger partial charge in [0.25, 0.3) is 0 Å². The van der Waals surface area contributed by atoms with E-state index >= 15 is 0 Å². The van der Waals surface area contributed by atoms with Crippen LogP contribution in [0.4, 0.5) is 0 Å². The number of carbonyl (C=O) groups excluding carboxylic acids is 1. The minimum absolute atomic E-state index is 0.0228. The topological polar surface area (TPSA) is 38.8 Å². The number of hydrogen-bond donors (Lipinski definition) is 0. The van der Waals surface area contributed by atoms with E-state index in [0.717, 1.165) is 25.8 Å². The molecule has 0 saturated heterocycles. The molecular formula is C13H23NO3. The number of hydrogen-bond acceptors (Lipinski definition) is 4. The zero-order chi connectivity index (χ0) is 12.3. The second-order valence-electron chi connectivity index (χ2n) is 5.03. The average molecular weight is 241 g/mol. The maximum atomic E-state index is 11.8. The van der Waals surface area contributed by atoms with E-state index in [4.69, 9.17) is 9.47 Å². The van der Waals surface area contributed by atoms with Crippen LogP contribution in [0, 0.1) is 0 Å². The largest absolute Gasteiger partial charge is 0.459 e. The monoisotopic (exact) mass is 241 g/mol. The van der Waals surface area contributed by atoms with Crippen molar-refractivity contribution in [3.8, 4) is 0 Å². The molecule has 0 aromatic rings. The first-order valence-electron chi connectivity index (χ1n) is 6.71. The predicted molar refractivity (Wildman–Crippen MR) is 64.8 cm³/mol. The van der Waals surface area contributed by atoms with E-state index in [9.17, 15) is 4.79 Å². The van der Waals surface area contributed by atoms with Crippen LogP contribution in [0.5, 0.6) is 0 Å². The third-order valence-corrected chi connectivity index (χ3v) is 3.78. The number of likely N-dealkylation sites (N-methyl/N-ethyl adjacent to an activating group) is 1. The van der Waals surface area contributed by atoms with Gasteiger partial charge in [-0.15, -0.1) is 0 Å². The Morgan fingerprint density at radius 3 is 2.53 bits per heavy atom. The summed E-state index contributed by atoms with van der Waals surface area (Å²) in [6.07, 6.45) is 5.59. The Morgan fingerprint density at radius 1 is 1.24 bits per heavy atom. The van der Waals surface area contributed by atoms with Gasteiger partial charge in [0.05, 0.1) is 12.6 Å². The number of carbonyl (C=O) groups is 1. The standard InChI is InChI=1S/C13H23NO3/c1-3-14(10-7-8-10)9-13(15)17-12-6-4-5-11(12)16-2/h10-12H,3-9H2,1-2H3/t11-,12-/m0/s1. The fourth-order valence-electron chi connectivity index (χ4n) is 2.61. The summed E-state index contributed by atoms with van der Waals surface area (Å²) in [5.41, 5.74) is 0. The van der Waals surface area contributed by atoms with Crippen LogP contribution in [-0.2, 0) is 14.3 Å². The average Bonchev–Trinajstić information content (AvgIpc) is 3.07. The van der Waals surface area contributed by atoms with Gasteiger partial charge in [0.1, 0.15) is 6.10 Å². The summed E-state index contributed by atoms with van der Waals surface area (Å²) in [6.45, 7) is 3.46. The lowest BCUT2D eigenvalue weighted by Gasteiger charge is -2.22. The van der Waals surface area contributed by atoms with Crippen molar-refractivity contribution in [1.82, 2.24) is 4.90 Å². The van der Waals surface area contributed by atoms with E-state index in [1.54, 1.807) is 7.11 Å². The van der Waals surface area contributed by atoms with E-state index in [1.165, 1.54) is 12.8 Å². The van der Waals surface area contributed by atoms with Crippen molar-refractivity contribution in [3.63, 3.8) is 0 Å². The number of rotatable bonds is 6. The molecular weight excluding hydrogens is 218 g/mol. The maximum absolute atomic E-state index is 11.8. The van der Waals surface area contributed by atoms with E-state index in [1.807, 2.05) is 0 Å². The van der Waals surface area contributed by atoms with Crippen molar-refractivity contribution in [2.75, 3.05) is 20.2 Å². The molecule has 17 heavy (non-hydrogen) atoms. The minimum atomic E-state index is -0.0901. The van der Waals surface area contributed by atoms with Crippen LogP contribution >= 0.6 is 0 Å². The first-order chi connectivity index (χ1) is 8.24. The first kappa shape index (κ1) is 12.8. The van der Waals surface area contributed by atoms with E-state index in [-0.39, 0.29) is 18.2 Å². The molecule has 2 fully saturated rings. The van der Waals surface area contributed by atoms with Crippen molar-refractivity contribution in [3.05, 3.63) is 0 Å². The van der Waals surface area contributed by atoms with E-state index < -0.39 is 0 Å². The zero-order valence-electron chi connectivity index (χ0n) is 10.9.